The van der Waals surface area contributed by atoms with Crippen LogP contribution in [0.25, 0.3) is 0 Å². The summed E-state index contributed by atoms with van der Waals surface area (Å²) in [7, 11) is 1.66. The van der Waals surface area contributed by atoms with Crippen molar-refractivity contribution in [2.45, 2.75) is 44.7 Å². The van der Waals surface area contributed by atoms with Gasteiger partial charge in [-0.2, -0.15) is 0 Å². The summed E-state index contributed by atoms with van der Waals surface area (Å²) in [6.45, 7) is 2.87. The Morgan fingerprint density at radius 2 is 2.30 bits per heavy atom. The maximum atomic E-state index is 12.4. The van der Waals surface area contributed by atoms with Crippen molar-refractivity contribution in [2.75, 3.05) is 7.11 Å². The van der Waals surface area contributed by atoms with E-state index in [1.165, 1.54) is 0 Å². The summed E-state index contributed by atoms with van der Waals surface area (Å²) in [5.74, 6) is 2.17. The first-order valence-corrected chi connectivity index (χ1v) is 8.09. The van der Waals surface area contributed by atoms with Crippen molar-refractivity contribution in [1.82, 2.24) is 14.9 Å². The molecule has 0 radical (unpaired) electrons. The third-order valence-corrected chi connectivity index (χ3v) is 4.46. The SMILES string of the molecule is COc1ccccc1[C@H](C)CC(=O)N[C@@H]1CCc2nccn2C1. The average molecular weight is 313 g/mol. The molecule has 5 nitrogen and oxygen atoms in total. The number of fused-ring (bicyclic) bond motifs is 1. The Labute approximate surface area is 136 Å². The number of para-hydroxylation sites is 1. The molecule has 2 aromatic rings. The number of carbonyl (C=O) groups is 1. The normalized spacial score (nSPS) is 18.1. The van der Waals surface area contributed by atoms with Gasteiger partial charge in [0.05, 0.1) is 7.11 Å². The van der Waals surface area contributed by atoms with Gasteiger partial charge in [0.25, 0.3) is 0 Å². The van der Waals surface area contributed by atoms with Crippen molar-refractivity contribution in [3.63, 3.8) is 0 Å². The second-order valence-corrected chi connectivity index (χ2v) is 6.15. The minimum atomic E-state index is 0.0944. The lowest BCUT2D eigenvalue weighted by atomic mass is 9.96. The third-order valence-electron chi connectivity index (χ3n) is 4.46. The quantitative estimate of drug-likeness (QED) is 0.923. The first-order valence-electron chi connectivity index (χ1n) is 8.09. The predicted octanol–water partition coefficient (Wildman–Crippen LogP) is 2.52. The molecule has 0 fully saturated rings. The molecule has 0 saturated heterocycles. The fraction of sp³-hybridized carbons (Fsp3) is 0.444. The highest BCUT2D eigenvalue weighted by atomic mass is 16.5. The predicted molar refractivity (Wildman–Crippen MR) is 88.5 cm³/mol. The molecule has 1 aliphatic rings. The fourth-order valence-electron chi connectivity index (χ4n) is 3.23. The van der Waals surface area contributed by atoms with Gasteiger partial charge in [-0.15, -0.1) is 0 Å². The van der Waals surface area contributed by atoms with Gasteiger partial charge < -0.3 is 14.6 Å². The smallest absolute Gasteiger partial charge is 0.220 e. The number of nitrogens with one attached hydrogen (secondary N) is 1. The first-order chi connectivity index (χ1) is 11.2. The zero-order chi connectivity index (χ0) is 16.2. The van der Waals surface area contributed by atoms with Crippen LogP contribution in [0.15, 0.2) is 36.7 Å². The fourth-order valence-corrected chi connectivity index (χ4v) is 3.23. The van der Waals surface area contributed by atoms with Crippen LogP contribution in [0.5, 0.6) is 5.75 Å². The Morgan fingerprint density at radius 3 is 3.13 bits per heavy atom. The zero-order valence-electron chi connectivity index (χ0n) is 13.7. The molecule has 0 saturated carbocycles. The topological polar surface area (TPSA) is 56.1 Å². The third kappa shape index (κ3) is 3.55. The van der Waals surface area contributed by atoms with Crippen molar-refractivity contribution in [1.29, 1.82) is 0 Å². The van der Waals surface area contributed by atoms with Crippen molar-refractivity contribution < 1.29 is 9.53 Å². The van der Waals surface area contributed by atoms with Gasteiger partial charge in [-0.1, -0.05) is 25.1 Å². The molecule has 5 heteroatoms. The summed E-state index contributed by atoms with van der Waals surface area (Å²) < 4.78 is 7.51. The maximum absolute atomic E-state index is 12.4. The van der Waals surface area contributed by atoms with Gasteiger partial charge in [-0.3, -0.25) is 4.79 Å². The van der Waals surface area contributed by atoms with Crippen molar-refractivity contribution in [3.05, 3.63) is 48.0 Å². The molecule has 0 bridgehead atoms. The van der Waals surface area contributed by atoms with Gasteiger partial charge in [0.2, 0.25) is 5.91 Å². The molecule has 2 heterocycles. The summed E-state index contributed by atoms with van der Waals surface area (Å²) in [5, 5.41) is 3.16. The summed E-state index contributed by atoms with van der Waals surface area (Å²) in [6.07, 6.45) is 6.13. The van der Waals surface area contributed by atoms with E-state index in [9.17, 15) is 4.79 Å². The van der Waals surface area contributed by atoms with Gasteiger partial charge in [-0.25, -0.2) is 4.98 Å². The molecule has 0 unspecified atom stereocenters. The highest BCUT2D eigenvalue weighted by molar-refractivity contribution is 5.77. The molecule has 122 valence electrons. The number of benzene rings is 1. The number of methoxy groups -OCH3 is 1. The van der Waals surface area contributed by atoms with E-state index in [0.717, 1.165) is 36.5 Å². The minimum absolute atomic E-state index is 0.0944. The number of nitrogens with zero attached hydrogens (tertiary/aromatic N) is 2. The lowest BCUT2D eigenvalue weighted by Gasteiger charge is -2.25. The summed E-state index contributed by atoms with van der Waals surface area (Å²) in [4.78, 5) is 16.7. The largest absolute Gasteiger partial charge is 0.496 e. The molecule has 1 amide bonds. The van der Waals surface area contributed by atoms with Crippen LogP contribution in [-0.4, -0.2) is 28.6 Å². The van der Waals surface area contributed by atoms with Crippen LogP contribution in [0.4, 0.5) is 0 Å². The molecule has 1 aromatic carbocycles. The Bertz CT molecular complexity index is 680. The summed E-state index contributed by atoms with van der Waals surface area (Å²) in [6, 6.07) is 8.07. The number of imidazole rings is 1. The molecule has 1 N–H and O–H groups in total. The molecule has 23 heavy (non-hydrogen) atoms. The molecular formula is C18H23N3O2. The summed E-state index contributed by atoms with van der Waals surface area (Å²) >= 11 is 0. The minimum Gasteiger partial charge on any atom is -0.496 e. The van der Waals surface area contributed by atoms with Gasteiger partial charge >= 0.3 is 0 Å². The van der Waals surface area contributed by atoms with Crippen LogP contribution in [0.3, 0.4) is 0 Å². The van der Waals surface area contributed by atoms with Crippen LogP contribution in [-0.2, 0) is 17.8 Å². The van der Waals surface area contributed by atoms with Crippen molar-refractivity contribution in [2.24, 2.45) is 0 Å². The highest BCUT2D eigenvalue weighted by Gasteiger charge is 2.22. The number of ether oxygens (including phenoxy) is 1. The van der Waals surface area contributed by atoms with Crippen LogP contribution in [0.1, 0.15) is 37.1 Å². The second-order valence-electron chi connectivity index (χ2n) is 6.15. The number of aromatic nitrogens is 2. The molecular weight excluding hydrogens is 290 g/mol. The molecule has 1 aromatic heterocycles. The monoisotopic (exact) mass is 313 g/mol. The Balaban J connectivity index is 1.57. The van der Waals surface area contributed by atoms with E-state index in [1.54, 1.807) is 7.11 Å². The van der Waals surface area contributed by atoms with Gasteiger partial charge in [-0.05, 0) is 24.0 Å². The number of hydrogen-bond acceptors (Lipinski definition) is 3. The molecule has 1 aliphatic heterocycles. The molecule has 0 aliphatic carbocycles. The number of rotatable bonds is 5. The average Bonchev–Trinajstić information content (AvgIpc) is 3.02. The molecule has 3 rings (SSSR count). The highest BCUT2D eigenvalue weighted by Crippen LogP contribution is 2.28. The zero-order valence-corrected chi connectivity index (χ0v) is 13.7. The van der Waals surface area contributed by atoms with E-state index >= 15 is 0 Å². The number of amides is 1. The van der Waals surface area contributed by atoms with E-state index in [-0.39, 0.29) is 17.9 Å². The van der Waals surface area contributed by atoms with Crippen LogP contribution in [0, 0.1) is 0 Å². The molecule has 0 spiro atoms. The standard InChI is InChI=1S/C18H23N3O2/c1-13(15-5-3-4-6-16(15)23-2)11-18(22)20-14-7-8-17-19-9-10-21(17)12-14/h3-6,9-10,13-14H,7-8,11-12H2,1-2H3,(H,20,22)/t13-,14-/m1/s1. The maximum Gasteiger partial charge on any atom is 0.220 e. The van der Waals surface area contributed by atoms with Crippen molar-refractivity contribution >= 4 is 5.91 Å². The van der Waals surface area contributed by atoms with E-state index in [1.807, 2.05) is 36.7 Å². The van der Waals surface area contributed by atoms with Crippen molar-refractivity contribution in [3.8, 4) is 5.75 Å². The Hall–Kier alpha value is -2.30. The lowest BCUT2D eigenvalue weighted by Crippen LogP contribution is -2.41. The van der Waals surface area contributed by atoms with Crippen LogP contribution < -0.4 is 10.1 Å². The Morgan fingerprint density at radius 1 is 1.48 bits per heavy atom. The van der Waals surface area contributed by atoms with E-state index in [4.69, 9.17) is 4.74 Å². The lowest BCUT2D eigenvalue weighted by molar-refractivity contribution is -0.122. The van der Waals surface area contributed by atoms with Gasteiger partial charge in [0.1, 0.15) is 11.6 Å². The van der Waals surface area contributed by atoms with Gasteiger partial charge in [0.15, 0.2) is 0 Å². The number of carbonyl (C=O) groups excluding carboxylic acids is 1. The summed E-state index contributed by atoms with van der Waals surface area (Å²) in [5.41, 5.74) is 1.07. The van der Waals surface area contributed by atoms with E-state index < -0.39 is 0 Å². The van der Waals surface area contributed by atoms with E-state index in [0.29, 0.717) is 6.42 Å². The van der Waals surface area contributed by atoms with Crippen LogP contribution >= 0.6 is 0 Å². The Kier molecular flexibility index (Phi) is 4.65. The first kappa shape index (κ1) is 15.6. The van der Waals surface area contributed by atoms with Gasteiger partial charge in [0, 0.05) is 37.8 Å². The van der Waals surface area contributed by atoms with Crippen LogP contribution in [0.2, 0.25) is 0 Å². The number of aryl methyl sites for hydroxylation is 1. The molecule has 2 atom stereocenters. The number of hydrogen-bond donors (Lipinski definition) is 1. The van der Waals surface area contributed by atoms with E-state index in [2.05, 4.69) is 21.8 Å². The second kappa shape index (κ2) is 6.86.